The van der Waals surface area contributed by atoms with Gasteiger partial charge in [-0.05, 0) is 55.7 Å². The van der Waals surface area contributed by atoms with Gasteiger partial charge in [0.2, 0.25) is 5.78 Å². The number of aromatic amines is 1. The number of H-pyrrole nitrogens is 1. The summed E-state index contributed by atoms with van der Waals surface area (Å²) in [5, 5.41) is 2.97. The van der Waals surface area contributed by atoms with Gasteiger partial charge >= 0.3 is 0 Å². The number of nitrogens with two attached hydrogens (primary N) is 1. The minimum atomic E-state index is -0.346. The van der Waals surface area contributed by atoms with Crippen LogP contribution in [0.4, 0.5) is 5.82 Å². The molecule has 2 aromatic carbocycles. The van der Waals surface area contributed by atoms with Crippen LogP contribution >= 0.6 is 0 Å². The van der Waals surface area contributed by atoms with Gasteiger partial charge in [0.1, 0.15) is 11.6 Å². The average molecular weight is 420 g/mol. The molecule has 0 saturated heterocycles. The first kappa shape index (κ1) is 20.5. The maximum absolute atomic E-state index is 13.0. The number of hydrogen-bond donors (Lipinski definition) is 3. The van der Waals surface area contributed by atoms with Crippen LogP contribution in [-0.4, -0.2) is 41.9 Å². The maximum atomic E-state index is 13.0. The summed E-state index contributed by atoms with van der Waals surface area (Å²) in [7, 11) is 3.03. The minimum absolute atomic E-state index is 0.106. The first-order valence-corrected chi connectivity index (χ1v) is 9.95. The van der Waals surface area contributed by atoms with E-state index < -0.39 is 0 Å². The van der Waals surface area contributed by atoms with Gasteiger partial charge in [-0.3, -0.25) is 9.59 Å². The molecule has 1 fully saturated rings. The Balaban J connectivity index is 1.66. The van der Waals surface area contributed by atoms with Gasteiger partial charge in [0.05, 0.1) is 14.2 Å². The molecule has 1 amide bonds. The number of nitrogen functional groups attached to an aromatic ring is 1. The molecular weight excluding hydrogens is 396 g/mol. The van der Waals surface area contributed by atoms with Crippen molar-refractivity contribution in [3.63, 3.8) is 0 Å². The molecule has 0 radical (unpaired) electrons. The van der Waals surface area contributed by atoms with E-state index in [9.17, 15) is 9.59 Å². The third-order valence-electron chi connectivity index (χ3n) is 5.26. The van der Waals surface area contributed by atoms with E-state index in [1.165, 1.54) is 14.2 Å². The van der Waals surface area contributed by atoms with Gasteiger partial charge in [-0.15, -0.1) is 0 Å². The number of ketones is 1. The zero-order chi connectivity index (χ0) is 22.1. The topological polar surface area (TPSA) is 119 Å². The molecule has 4 rings (SSSR count). The first-order chi connectivity index (χ1) is 14.9. The van der Waals surface area contributed by atoms with Gasteiger partial charge in [-0.25, -0.2) is 4.98 Å². The van der Waals surface area contributed by atoms with Crippen molar-refractivity contribution < 1.29 is 19.1 Å². The summed E-state index contributed by atoms with van der Waals surface area (Å²) in [6.45, 7) is 1.91. The maximum Gasteiger partial charge on any atom is 0.251 e. The zero-order valence-corrected chi connectivity index (χ0v) is 17.6. The van der Waals surface area contributed by atoms with Gasteiger partial charge in [-0.2, -0.15) is 0 Å². The highest BCUT2D eigenvalue weighted by Gasteiger charge is 2.25. The third kappa shape index (κ3) is 4.09. The molecule has 3 aromatic rings. The number of anilines is 1. The summed E-state index contributed by atoms with van der Waals surface area (Å²) in [5.74, 6) is 1.08. The van der Waals surface area contributed by atoms with Crippen LogP contribution in [0, 0.1) is 6.92 Å². The fourth-order valence-electron chi connectivity index (χ4n) is 3.32. The molecular formula is C23H24N4O4. The van der Waals surface area contributed by atoms with Crippen molar-refractivity contribution in [3.05, 3.63) is 58.8 Å². The molecule has 160 valence electrons. The molecule has 0 unspecified atom stereocenters. The summed E-state index contributed by atoms with van der Waals surface area (Å²) in [6, 6.07) is 10.5. The van der Waals surface area contributed by atoms with E-state index in [2.05, 4.69) is 15.3 Å². The van der Waals surface area contributed by atoms with E-state index in [1.54, 1.807) is 30.3 Å². The van der Waals surface area contributed by atoms with Crippen LogP contribution in [0.1, 0.15) is 44.8 Å². The lowest BCUT2D eigenvalue weighted by molar-refractivity contribution is 0.0950. The number of nitrogens with one attached hydrogen (secondary N) is 2. The Labute approximate surface area is 179 Å². The monoisotopic (exact) mass is 420 g/mol. The Morgan fingerprint density at radius 3 is 2.45 bits per heavy atom. The van der Waals surface area contributed by atoms with Crippen LogP contribution in [0.5, 0.6) is 11.5 Å². The molecule has 0 bridgehead atoms. The lowest BCUT2D eigenvalue weighted by Gasteiger charge is -2.08. The molecule has 4 N–H and O–H groups in total. The van der Waals surface area contributed by atoms with Crippen molar-refractivity contribution >= 4 is 17.5 Å². The molecule has 0 atom stereocenters. The average Bonchev–Trinajstić information content (AvgIpc) is 3.51. The summed E-state index contributed by atoms with van der Waals surface area (Å²) < 4.78 is 10.5. The summed E-state index contributed by atoms with van der Waals surface area (Å²) >= 11 is 0. The van der Waals surface area contributed by atoms with E-state index in [0.29, 0.717) is 34.0 Å². The van der Waals surface area contributed by atoms with Crippen LogP contribution < -0.4 is 20.5 Å². The van der Waals surface area contributed by atoms with Crippen LogP contribution in [0.15, 0.2) is 36.4 Å². The van der Waals surface area contributed by atoms with Crippen molar-refractivity contribution in [3.8, 4) is 22.9 Å². The molecule has 1 aromatic heterocycles. The fourth-order valence-corrected chi connectivity index (χ4v) is 3.32. The number of amides is 1. The number of carbonyl (C=O) groups excluding carboxylic acids is 2. The largest absolute Gasteiger partial charge is 0.493 e. The smallest absolute Gasteiger partial charge is 0.251 e. The van der Waals surface area contributed by atoms with Crippen molar-refractivity contribution in [1.82, 2.24) is 15.3 Å². The predicted molar refractivity (Wildman–Crippen MR) is 117 cm³/mol. The number of carbonyl (C=O) groups is 2. The van der Waals surface area contributed by atoms with Gasteiger partial charge in [-0.1, -0.05) is 6.07 Å². The second-order valence-corrected chi connectivity index (χ2v) is 7.52. The van der Waals surface area contributed by atoms with Gasteiger partial charge < -0.3 is 25.5 Å². The second-order valence-electron chi connectivity index (χ2n) is 7.52. The molecule has 1 aliphatic rings. The normalized spacial score (nSPS) is 13.0. The van der Waals surface area contributed by atoms with Crippen LogP contribution in [-0.2, 0) is 0 Å². The Hall–Kier alpha value is -3.81. The second kappa shape index (κ2) is 8.14. The fraction of sp³-hybridized carbons (Fsp3) is 0.261. The van der Waals surface area contributed by atoms with Gasteiger partial charge in [0.15, 0.2) is 17.2 Å². The molecule has 8 nitrogen and oxygen atoms in total. The van der Waals surface area contributed by atoms with E-state index in [4.69, 9.17) is 15.2 Å². The number of methoxy groups -OCH3 is 2. The number of nitrogens with zero attached hydrogens (tertiary/aromatic N) is 1. The molecule has 1 heterocycles. The Morgan fingerprint density at radius 1 is 1.06 bits per heavy atom. The van der Waals surface area contributed by atoms with E-state index >= 15 is 0 Å². The highest BCUT2D eigenvalue weighted by Crippen LogP contribution is 2.30. The summed E-state index contributed by atoms with van der Waals surface area (Å²) in [5.41, 5.74) is 8.72. The standard InChI is InChI=1S/C23H24N4O4/c1-12-4-5-14(23(29)25-15-7-8-15)10-16(12)22-26-19(21(24)27-22)20(28)13-6-9-17(30-2)18(11-13)31-3/h4-6,9-11,15H,7-8,24H2,1-3H3,(H,25,29)(H,26,27). The number of aryl methyl sites for hydroxylation is 1. The Kier molecular flexibility index (Phi) is 5.37. The Morgan fingerprint density at radius 2 is 1.77 bits per heavy atom. The summed E-state index contributed by atoms with van der Waals surface area (Å²) in [4.78, 5) is 32.9. The van der Waals surface area contributed by atoms with Crippen molar-refractivity contribution in [1.29, 1.82) is 0 Å². The number of benzene rings is 2. The minimum Gasteiger partial charge on any atom is -0.493 e. The first-order valence-electron chi connectivity index (χ1n) is 9.95. The van der Waals surface area contributed by atoms with Crippen LogP contribution in [0.3, 0.4) is 0 Å². The zero-order valence-electron chi connectivity index (χ0n) is 17.6. The van der Waals surface area contributed by atoms with Gasteiger partial charge in [0, 0.05) is 22.7 Å². The van der Waals surface area contributed by atoms with E-state index in [1.807, 2.05) is 13.0 Å². The SMILES string of the molecule is COc1ccc(C(=O)c2nc(-c3cc(C(=O)NC4CC4)ccc3C)[nH]c2N)cc1OC. The molecule has 1 saturated carbocycles. The lowest BCUT2D eigenvalue weighted by Crippen LogP contribution is -2.25. The summed E-state index contributed by atoms with van der Waals surface area (Å²) in [6.07, 6.45) is 2.03. The van der Waals surface area contributed by atoms with E-state index in [0.717, 1.165) is 18.4 Å². The molecule has 0 aliphatic heterocycles. The molecule has 1 aliphatic carbocycles. The van der Waals surface area contributed by atoms with Crippen molar-refractivity contribution in [2.24, 2.45) is 0 Å². The van der Waals surface area contributed by atoms with Gasteiger partial charge in [0.25, 0.3) is 5.91 Å². The van der Waals surface area contributed by atoms with Crippen LogP contribution in [0.2, 0.25) is 0 Å². The highest BCUT2D eigenvalue weighted by molar-refractivity contribution is 6.11. The molecule has 0 spiro atoms. The quantitative estimate of drug-likeness (QED) is 0.505. The van der Waals surface area contributed by atoms with E-state index in [-0.39, 0.29) is 29.2 Å². The number of aromatic nitrogens is 2. The van der Waals surface area contributed by atoms with Crippen molar-refractivity contribution in [2.45, 2.75) is 25.8 Å². The third-order valence-corrected chi connectivity index (χ3v) is 5.26. The number of hydrogen-bond acceptors (Lipinski definition) is 6. The number of ether oxygens (including phenoxy) is 2. The molecule has 31 heavy (non-hydrogen) atoms. The van der Waals surface area contributed by atoms with Crippen LogP contribution in [0.25, 0.3) is 11.4 Å². The number of rotatable bonds is 7. The predicted octanol–water partition coefficient (Wildman–Crippen LogP) is 3.11. The molecule has 8 heteroatoms. The highest BCUT2D eigenvalue weighted by atomic mass is 16.5. The lowest BCUT2D eigenvalue weighted by atomic mass is 10.0. The number of imidazole rings is 1. The van der Waals surface area contributed by atoms with Crippen molar-refractivity contribution in [2.75, 3.05) is 20.0 Å². The Bertz CT molecular complexity index is 1160.